The SMILES string of the molecule is COc1ccc(-c2cc(C(F)(F)F)c(C#N)c(SCC#N)n2)cc1OC. The van der Waals surface area contributed by atoms with Crippen LogP contribution in [-0.4, -0.2) is 25.0 Å². The summed E-state index contributed by atoms with van der Waals surface area (Å²) in [7, 11) is 2.85. The van der Waals surface area contributed by atoms with Gasteiger partial charge in [0.1, 0.15) is 11.1 Å². The molecule has 0 radical (unpaired) electrons. The summed E-state index contributed by atoms with van der Waals surface area (Å²) in [5.41, 5.74) is -1.32. The van der Waals surface area contributed by atoms with Crippen molar-refractivity contribution in [1.29, 1.82) is 10.5 Å². The topological polar surface area (TPSA) is 78.9 Å². The van der Waals surface area contributed by atoms with Crippen LogP contribution in [0.1, 0.15) is 11.1 Å². The molecule has 134 valence electrons. The first kappa shape index (κ1) is 19.4. The third-order valence-corrected chi connectivity index (χ3v) is 4.20. The second-order valence-electron chi connectivity index (χ2n) is 4.86. The van der Waals surface area contributed by atoms with Gasteiger partial charge in [-0.05, 0) is 24.3 Å². The fourth-order valence-electron chi connectivity index (χ4n) is 2.20. The van der Waals surface area contributed by atoms with Crippen molar-refractivity contribution >= 4 is 11.8 Å². The average molecular weight is 379 g/mol. The number of hydrogen-bond donors (Lipinski definition) is 0. The summed E-state index contributed by atoms with van der Waals surface area (Å²) in [4.78, 5) is 4.15. The summed E-state index contributed by atoms with van der Waals surface area (Å²) in [6.45, 7) is 0. The van der Waals surface area contributed by atoms with Crippen molar-refractivity contribution in [3.05, 3.63) is 35.4 Å². The van der Waals surface area contributed by atoms with E-state index in [4.69, 9.17) is 20.0 Å². The van der Waals surface area contributed by atoms with E-state index in [0.29, 0.717) is 17.1 Å². The Labute approximate surface area is 152 Å². The fraction of sp³-hybridized carbons (Fsp3) is 0.235. The Morgan fingerprint density at radius 1 is 1.12 bits per heavy atom. The second kappa shape index (κ2) is 7.98. The highest BCUT2D eigenvalue weighted by molar-refractivity contribution is 7.99. The van der Waals surface area contributed by atoms with Crippen molar-refractivity contribution in [1.82, 2.24) is 4.98 Å². The Kier molecular flexibility index (Phi) is 5.96. The molecular formula is C17H12F3N3O2S. The van der Waals surface area contributed by atoms with Gasteiger partial charge in [0, 0.05) is 5.56 Å². The number of pyridine rings is 1. The van der Waals surface area contributed by atoms with Crippen LogP contribution < -0.4 is 9.47 Å². The van der Waals surface area contributed by atoms with E-state index < -0.39 is 17.3 Å². The van der Waals surface area contributed by atoms with E-state index in [0.717, 1.165) is 17.8 Å². The molecule has 0 aliphatic rings. The largest absolute Gasteiger partial charge is 0.493 e. The number of nitriles is 2. The highest BCUT2D eigenvalue weighted by atomic mass is 32.2. The van der Waals surface area contributed by atoms with Crippen molar-refractivity contribution in [2.24, 2.45) is 0 Å². The van der Waals surface area contributed by atoms with Gasteiger partial charge in [0.05, 0.1) is 42.9 Å². The lowest BCUT2D eigenvalue weighted by Crippen LogP contribution is -2.10. The summed E-state index contributed by atoms with van der Waals surface area (Å²) in [6.07, 6.45) is -4.73. The van der Waals surface area contributed by atoms with Gasteiger partial charge in [-0.3, -0.25) is 0 Å². The van der Waals surface area contributed by atoms with Crippen LogP contribution >= 0.6 is 11.8 Å². The number of halogens is 3. The Morgan fingerprint density at radius 2 is 1.81 bits per heavy atom. The van der Waals surface area contributed by atoms with Crippen LogP contribution in [0.2, 0.25) is 0 Å². The zero-order chi connectivity index (χ0) is 19.3. The molecule has 0 aliphatic heterocycles. The monoisotopic (exact) mass is 379 g/mol. The minimum absolute atomic E-state index is 0.0118. The van der Waals surface area contributed by atoms with Gasteiger partial charge < -0.3 is 9.47 Å². The lowest BCUT2D eigenvalue weighted by atomic mass is 10.0. The first-order valence-electron chi connectivity index (χ1n) is 7.10. The minimum Gasteiger partial charge on any atom is -0.493 e. The molecule has 0 spiro atoms. The van der Waals surface area contributed by atoms with Gasteiger partial charge in [0.25, 0.3) is 0 Å². The summed E-state index contributed by atoms with van der Waals surface area (Å²) in [6, 6.07) is 8.74. The van der Waals surface area contributed by atoms with Crippen LogP contribution in [0, 0.1) is 22.7 Å². The Hall–Kier alpha value is -2.91. The number of nitrogens with zero attached hydrogens (tertiary/aromatic N) is 3. The number of ether oxygens (including phenoxy) is 2. The highest BCUT2D eigenvalue weighted by Gasteiger charge is 2.36. The van der Waals surface area contributed by atoms with E-state index in [9.17, 15) is 13.2 Å². The van der Waals surface area contributed by atoms with E-state index in [2.05, 4.69) is 4.98 Å². The van der Waals surface area contributed by atoms with Crippen molar-refractivity contribution in [2.45, 2.75) is 11.2 Å². The molecule has 0 unspecified atom stereocenters. The number of methoxy groups -OCH3 is 2. The summed E-state index contributed by atoms with van der Waals surface area (Å²) < 4.78 is 50.5. The fourth-order valence-corrected chi connectivity index (χ4v) is 2.87. The third-order valence-electron chi connectivity index (χ3n) is 3.36. The van der Waals surface area contributed by atoms with Gasteiger partial charge >= 0.3 is 6.18 Å². The second-order valence-corrected chi connectivity index (χ2v) is 5.83. The molecule has 0 fully saturated rings. The molecule has 0 saturated carbocycles. The average Bonchev–Trinajstić information content (AvgIpc) is 2.64. The predicted octanol–water partition coefficient (Wildman–Crippen LogP) is 4.27. The maximum absolute atomic E-state index is 13.4. The standard InChI is InChI=1S/C17H12F3N3O2S/c1-24-14-4-3-10(7-15(14)25-2)13-8-12(17(18,19)20)11(9-22)16(23-13)26-6-5-21/h3-4,7-8H,6H2,1-2H3. The molecule has 5 nitrogen and oxygen atoms in total. The molecule has 2 aromatic rings. The van der Waals surface area contributed by atoms with E-state index in [1.165, 1.54) is 26.4 Å². The zero-order valence-electron chi connectivity index (χ0n) is 13.7. The molecule has 0 saturated heterocycles. The van der Waals surface area contributed by atoms with Crippen molar-refractivity contribution < 1.29 is 22.6 Å². The van der Waals surface area contributed by atoms with Gasteiger partial charge in [-0.15, -0.1) is 0 Å². The molecule has 2 rings (SSSR count). The zero-order valence-corrected chi connectivity index (χ0v) is 14.5. The van der Waals surface area contributed by atoms with Gasteiger partial charge in [0.2, 0.25) is 0 Å². The number of alkyl halides is 3. The molecular weight excluding hydrogens is 367 g/mol. The van der Waals surface area contributed by atoms with Crippen LogP contribution in [0.15, 0.2) is 29.3 Å². The number of thioether (sulfide) groups is 1. The maximum Gasteiger partial charge on any atom is 0.417 e. The number of benzene rings is 1. The van der Waals surface area contributed by atoms with Crippen LogP contribution in [-0.2, 0) is 6.18 Å². The maximum atomic E-state index is 13.4. The molecule has 1 aromatic carbocycles. The highest BCUT2D eigenvalue weighted by Crippen LogP contribution is 2.39. The van der Waals surface area contributed by atoms with Gasteiger partial charge in [0.15, 0.2) is 11.5 Å². The first-order valence-corrected chi connectivity index (χ1v) is 8.08. The molecule has 0 atom stereocenters. The minimum atomic E-state index is -4.73. The van der Waals surface area contributed by atoms with Gasteiger partial charge in [-0.2, -0.15) is 23.7 Å². The first-order chi connectivity index (χ1) is 12.3. The predicted molar refractivity (Wildman–Crippen MR) is 88.8 cm³/mol. The van der Waals surface area contributed by atoms with Crippen molar-refractivity contribution in [3.63, 3.8) is 0 Å². The molecule has 9 heteroatoms. The lowest BCUT2D eigenvalue weighted by molar-refractivity contribution is -0.138. The van der Waals surface area contributed by atoms with E-state index in [1.54, 1.807) is 12.1 Å². The van der Waals surface area contributed by atoms with Gasteiger partial charge in [-0.25, -0.2) is 4.98 Å². The van der Waals surface area contributed by atoms with Crippen LogP contribution in [0.25, 0.3) is 11.3 Å². The molecule has 1 heterocycles. The smallest absolute Gasteiger partial charge is 0.417 e. The quantitative estimate of drug-likeness (QED) is 0.722. The molecule has 0 amide bonds. The van der Waals surface area contributed by atoms with Crippen molar-refractivity contribution in [3.8, 4) is 34.9 Å². The van der Waals surface area contributed by atoms with E-state index >= 15 is 0 Å². The summed E-state index contributed by atoms with van der Waals surface area (Å²) in [5.74, 6) is 0.616. The van der Waals surface area contributed by atoms with Crippen LogP contribution in [0.3, 0.4) is 0 Å². The molecule has 26 heavy (non-hydrogen) atoms. The Bertz CT molecular complexity index is 902. The molecule has 0 N–H and O–H groups in total. The number of aromatic nitrogens is 1. The Balaban J connectivity index is 2.70. The number of hydrogen-bond acceptors (Lipinski definition) is 6. The van der Waals surface area contributed by atoms with Crippen molar-refractivity contribution in [2.75, 3.05) is 20.0 Å². The molecule has 0 bridgehead atoms. The van der Waals surface area contributed by atoms with E-state index in [-0.39, 0.29) is 16.5 Å². The summed E-state index contributed by atoms with van der Waals surface area (Å²) in [5, 5.41) is 17.7. The number of rotatable bonds is 5. The van der Waals surface area contributed by atoms with Gasteiger partial charge in [-0.1, -0.05) is 11.8 Å². The molecule has 0 aliphatic carbocycles. The lowest BCUT2D eigenvalue weighted by Gasteiger charge is -2.14. The van der Waals surface area contributed by atoms with E-state index in [1.807, 2.05) is 6.07 Å². The normalized spacial score (nSPS) is 10.7. The van der Waals surface area contributed by atoms with Crippen LogP contribution in [0.4, 0.5) is 13.2 Å². The van der Waals surface area contributed by atoms with Crippen LogP contribution in [0.5, 0.6) is 11.5 Å². The Morgan fingerprint density at radius 3 is 2.35 bits per heavy atom. The summed E-state index contributed by atoms with van der Waals surface area (Å²) >= 11 is 0.778. The molecule has 1 aromatic heterocycles. The third kappa shape index (κ3) is 4.01.